The molecular weight excluding hydrogens is 404 g/mol. The van der Waals surface area contributed by atoms with Crippen molar-refractivity contribution in [3.63, 3.8) is 0 Å². The summed E-state index contributed by atoms with van der Waals surface area (Å²) in [7, 11) is 0. The van der Waals surface area contributed by atoms with Gasteiger partial charge in [0.25, 0.3) is 0 Å². The zero-order valence-corrected chi connectivity index (χ0v) is 20.4. The predicted molar refractivity (Wildman–Crippen MR) is 116 cm³/mol. The number of carbonyl (C=O) groups is 4. The number of hydrogen-bond donors (Lipinski definition) is 3. The minimum atomic E-state index is -1.06. The van der Waals surface area contributed by atoms with Crippen LogP contribution in [-0.2, 0) is 23.9 Å². The summed E-state index contributed by atoms with van der Waals surface area (Å²) in [6.45, 7) is 16.0. The Balaban J connectivity index is 5.25. The molecule has 2 amide bonds. The molecular formula is C22H40N2O7. The van der Waals surface area contributed by atoms with E-state index in [9.17, 15) is 19.2 Å². The van der Waals surface area contributed by atoms with Gasteiger partial charge in [0.1, 0.15) is 17.2 Å². The second-order valence-corrected chi connectivity index (χ2v) is 10.7. The summed E-state index contributed by atoms with van der Waals surface area (Å²) >= 11 is 0. The Morgan fingerprint density at radius 3 is 1.71 bits per heavy atom. The highest BCUT2D eigenvalue weighted by Gasteiger charge is 2.31. The van der Waals surface area contributed by atoms with Gasteiger partial charge in [0, 0.05) is 18.9 Å². The lowest BCUT2D eigenvalue weighted by Gasteiger charge is -2.32. The minimum absolute atomic E-state index is 0.00651. The fourth-order valence-corrected chi connectivity index (χ4v) is 2.62. The van der Waals surface area contributed by atoms with Gasteiger partial charge in [0.2, 0.25) is 0 Å². The zero-order chi connectivity index (χ0) is 24.6. The quantitative estimate of drug-likeness (QED) is 0.464. The lowest BCUT2D eigenvalue weighted by atomic mass is 9.84. The largest absolute Gasteiger partial charge is 0.481 e. The molecule has 0 aromatic carbocycles. The van der Waals surface area contributed by atoms with Crippen LogP contribution in [0.1, 0.15) is 88.0 Å². The number of amides is 2. The second-order valence-electron chi connectivity index (χ2n) is 10.7. The molecule has 0 aliphatic carbocycles. The summed E-state index contributed by atoms with van der Waals surface area (Å²) in [5, 5.41) is 14.3. The third kappa shape index (κ3) is 14.3. The van der Waals surface area contributed by atoms with E-state index < -0.39 is 52.6 Å². The lowest BCUT2D eigenvalue weighted by Crippen LogP contribution is -2.53. The first-order valence-corrected chi connectivity index (χ1v) is 10.5. The molecule has 31 heavy (non-hydrogen) atoms. The van der Waals surface area contributed by atoms with Crippen LogP contribution in [0.25, 0.3) is 0 Å². The number of carbonyl (C=O) groups excluding carboxylic acids is 3. The highest BCUT2D eigenvalue weighted by atomic mass is 16.6. The van der Waals surface area contributed by atoms with E-state index in [0.717, 1.165) is 0 Å². The number of rotatable bonds is 9. The van der Waals surface area contributed by atoms with Crippen LogP contribution in [0.4, 0.5) is 4.79 Å². The molecule has 0 fully saturated rings. The number of carboxylic acids is 1. The number of ether oxygens (including phenoxy) is 2. The van der Waals surface area contributed by atoms with Gasteiger partial charge in [-0.05, 0) is 59.8 Å². The molecule has 2 atom stereocenters. The van der Waals surface area contributed by atoms with Crippen LogP contribution < -0.4 is 10.6 Å². The summed E-state index contributed by atoms with van der Waals surface area (Å²) in [5.41, 5.74) is -1.83. The van der Waals surface area contributed by atoms with E-state index in [1.807, 2.05) is 20.8 Å². The van der Waals surface area contributed by atoms with Gasteiger partial charge in [0.05, 0.1) is 0 Å². The van der Waals surface area contributed by atoms with Gasteiger partial charge in [0.15, 0.2) is 0 Å². The number of nitrogens with one attached hydrogen (secondary N) is 2. The maximum atomic E-state index is 12.6. The van der Waals surface area contributed by atoms with Crippen LogP contribution in [0.15, 0.2) is 0 Å². The summed E-state index contributed by atoms with van der Waals surface area (Å²) in [6, 6.07) is -2.13. The van der Waals surface area contributed by atoms with E-state index >= 15 is 0 Å². The topological polar surface area (TPSA) is 131 Å². The maximum Gasteiger partial charge on any atom is 0.329 e. The van der Waals surface area contributed by atoms with Gasteiger partial charge in [-0.2, -0.15) is 0 Å². The van der Waals surface area contributed by atoms with E-state index in [2.05, 4.69) is 10.6 Å². The van der Waals surface area contributed by atoms with Gasteiger partial charge in [-0.3, -0.25) is 9.59 Å². The van der Waals surface area contributed by atoms with Crippen molar-refractivity contribution in [2.24, 2.45) is 5.41 Å². The van der Waals surface area contributed by atoms with E-state index in [0.29, 0.717) is 0 Å². The molecule has 0 spiro atoms. The molecule has 9 nitrogen and oxygen atoms in total. The summed E-state index contributed by atoms with van der Waals surface area (Å²) in [5.74, 6) is -2.11. The van der Waals surface area contributed by atoms with Crippen LogP contribution in [0, 0.1) is 5.41 Å². The summed E-state index contributed by atoms with van der Waals surface area (Å²) in [4.78, 5) is 48.2. The number of esters is 2. The first kappa shape index (κ1) is 28.7. The standard InChI is InChI=1S/C22H40N2O7/c1-20(2,3)15(11-12-16(25)26)24-19(29)23-14(18(28)31-22(7,8)9)10-13-17(27)30-21(4,5)6/h14-15H,10-13H2,1-9H3,(H,25,26)(H2,23,24,29)/t14-,15-/m0/s1. The Kier molecular flexibility index (Phi) is 10.5. The molecule has 9 heteroatoms. The molecule has 0 aromatic heterocycles. The Morgan fingerprint density at radius 2 is 1.29 bits per heavy atom. The number of carboxylic acid groups (broad SMARTS) is 1. The fourth-order valence-electron chi connectivity index (χ4n) is 2.62. The second kappa shape index (κ2) is 11.3. The van der Waals surface area contributed by atoms with Crippen LogP contribution in [-0.4, -0.2) is 52.3 Å². The van der Waals surface area contributed by atoms with Crippen molar-refractivity contribution in [2.45, 2.75) is 111 Å². The van der Waals surface area contributed by atoms with Crippen LogP contribution in [0.5, 0.6) is 0 Å². The van der Waals surface area contributed by atoms with Crippen LogP contribution in [0.2, 0.25) is 0 Å². The highest BCUT2D eigenvalue weighted by molar-refractivity contribution is 5.84. The summed E-state index contributed by atoms with van der Waals surface area (Å²) < 4.78 is 10.6. The predicted octanol–water partition coefficient (Wildman–Crippen LogP) is 3.40. The number of urea groups is 1. The van der Waals surface area contributed by atoms with Crippen molar-refractivity contribution in [3.05, 3.63) is 0 Å². The van der Waals surface area contributed by atoms with Gasteiger partial charge in [-0.15, -0.1) is 0 Å². The van der Waals surface area contributed by atoms with Gasteiger partial charge < -0.3 is 25.2 Å². The minimum Gasteiger partial charge on any atom is -0.481 e. The first-order valence-electron chi connectivity index (χ1n) is 10.5. The monoisotopic (exact) mass is 444 g/mol. The molecule has 3 N–H and O–H groups in total. The molecule has 0 aromatic rings. The molecule has 0 aliphatic heterocycles. The molecule has 0 heterocycles. The molecule has 0 saturated heterocycles. The third-order valence-electron chi connectivity index (χ3n) is 4.05. The van der Waals surface area contributed by atoms with E-state index in [-0.39, 0.29) is 25.7 Å². The van der Waals surface area contributed by atoms with E-state index in [4.69, 9.17) is 14.6 Å². The maximum absolute atomic E-state index is 12.6. The third-order valence-corrected chi connectivity index (χ3v) is 4.05. The van der Waals surface area contributed by atoms with Gasteiger partial charge in [-0.1, -0.05) is 20.8 Å². The molecule has 0 rings (SSSR count). The van der Waals surface area contributed by atoms with Crippen molar-refractivity contribution < 1.29 is 33.8 Å². The van der Waals surface area contributed by atoms with Crippen molar-refractivity contribution >= 4 is 23.9 Å². The van der Waals surface area contributed by atoms with Crippen molar-refractivity contribution in [1.82, 2.24) is 10.6 Å². The molecule has 0 bridgehead atoms. The molecule has 0 radical (unpaired) electrons. The lowest BCUT2D eigenvalue weighted by molar-refractivity contribution is -0.158. The Bertz CT molecular complexity index is 640. The number of hydrogen-bond acceptors (Lipinski definition) is 6. The van der Waals surface area contributed by atoms with Crippen LogP contribution >= 0.6 is 0 Å². The van der Waals surface area contributed by atoms with Crippen molar-refractivity contribution in [1.29, 1.82) is 0 Å². The smallest absolute Gasteiger partial charge is 0.329 e. The highest BCUT2D eigenvalue weighted by Crippen LogP contribution is 2.23. The Morgan fingerprint density at radius 1 is 0.774 bits per heavy atom. The normalized spacial score (nSPS) is 14.2. The molecule has 180 valence electrons. The molecule has 0 saturated carbocycles. The Labute approximate surface area is 185 Å². The fraction of sp³-hybridized carbons (Fsp3) is 0.818. The SMILES string of the molecule is CC(C)(C)OC(=O)CC[C@H](NC(=O)N[C@@H](CCC(=O)O)C(C)(C)C)C(=O)OC(C)(C)C. The van der Waals surface area contributed by atoms with Gasteiger partial charge in [-0.25, -0.2) is 9.59 Å². The van der Waals surface area contributed by atoms with E-state index in [1.165, 1.54) is 0 Å². The first-order chi connectivity index (χ1) is 13.8. The molecule has 0 aliphatic rings. The van der Waals surface area contributed by atoms with E-state index in [1.54, 1.807) is 41.5 Å². The van der Waals surface area contributed by atoms with Crippen LogP contribution in [0.3, 0.4) is 0 Å². The Hall–Kier alpha value is -2.32. The molecule has 0 unspecified atom stereocenters. The number of aliphatic carboxylic acids is 1. The average molecular weight is 445 g/mol. The van der Waals surface area contributed by atoms with Gasteiger partial charge >= 0.3 is 23.9 Å². The van der Waals surface area contributed by atoms with Crippen molar-refractivity contribution in [3.8, 4) is 0 Å². The van der Waals surface area contributed by atoms with Crippen molar-refractivity contribution in [2.75, 3.05) is 0 Å². The summed E-state index contributed by atoms with van der Waals surface area (Å²) in [6.07, 6.45) is 0.0628. The average Bonchev–Trinajstić information content (AvgIpc) is 2.50. The zero-order valence-electron chi connectivity index (χ0n) is 20.4.